The van der Waals surface area contributed by atoms with Crippen LogP contribution < -0.4 is 4.74 Å². The number of carbonyl (C=O) groups excluding carboxylic acids is 1. The van der Waals surface area contributed by atoms with Crippen LogP contribution in [-0.4, -0.2) is 71.3 Å². The number of thioether (sulfide) groups is 1. The Labute approximate surface area is 158 Å². The molecule has 1 aliphatic heterocycles. The molecular weight excluding hydrogens is 348 g/mol. The van der Waals surface area contributed by atoms with Gasteiger partial charge in [-0.25, -0.2) is 9.97 Å². The first-order valence-corrected chi connectivity index (χ1v) is 10.4. The summed E-state index contributed by atoms with van der Waals surface area (Å²) in [6, 6.07) is 5.97. The van der Waals surface area contributed by atoms with Crippen LogP contribution in [0.5, 0.6) is 5.75 Å². The van der Waals surface area contributed by atoms with E-state index >= 15 is 0 Å². The van der Waals surface area contributed by atoms with Crippen LogP contribution in [0.4, 0.5) is 0 Å². The van der Waals surface area contributed by atoms with Gasteiger partial charge in [-0.15, -0.1) is 11.8 Å². The average Bonchev–Trinajstić information content (AvgIpc) is 2.68. The lowest BCUT2D eigenvalue weighted by atomic mass is 10.2. The first-order valence-electron chi connectivity index (χ1n) is 9.13. The summed E-state index contributed by atoms with van der Waals surface area (Å²) in [4.78, 5) is 24.9. The molecule has 0 bridgehead atoms. The molecule has 1 saturated heterocycles. The summed E-state index contributed by atoms with van der Waals surface area (Å²) in [7, 11) is 0. The van der Waals surface area contributed by atoms with E-state index in [2.05, 4.69) is 14.9 Å². The Morgan fingerprint density at radius 2 is 2.04 bits per heavy atom. The zero-order valence-electron chi connectivity index (χ0n) is 15.5. The van der Waals surface area contributed by atoms with Crippen molar-refractivity contribution in [2.45, 2.75) is 24.8 Å². The fourth-order valence-electron chi connectivity index (χ4n) is 3.15. The number of piperazine rings is 1. The Morgan fingerprint density at radius 3 is 2.77 bits per heavy atom. The monoisotopic (exact) mass is 374 g/mol. The van der Waals surface area contributed by atoms with Gasteiger partial charge in [-0.3, -0.25) is 9.69 Å². The van der Waals surface area contributed by atoms with Crippen molar-refractivity contribution in [3.63, 3.8) is 0 Å². The summed E-state index contributed by atoms with van der Waals surface area (Å²) in [6.45, 7) is 7.03. The van der Waals surface area contributed by atoms with Gasteiger partial charge < -0.3 is 9.64 Å². The molecule has 1 aromatic heterocycles. The summed E-state index contributed by atoms with van der Waals surface area (Å²) in [5, 5.41) is 2.04. The predicted molar refractivity (Wildman–Crippen MR) is 105 cm³/mol. The molecule has 7 heteroatoms. The third-order valence-electron chi connectivity index (χ3n) is 4.63. The van der Waals surface area contributed by atoms with Crippen molar-refractivity contribution in [1.82, 2.24) is 19.8 Å². The number of rotatable bonds is 7. The molecule has 3 rings (SSSR count). The van der Waals surface area contributed by atoms with E-state index in [0.29, 0.717) is 13.0 Å². The van der Waals surface area contributed by atoms with Crippen LogP contribution in [-0.2, 0) is 4.79 Å². The van der Waals surface area contributed by atoms with Gasteiger partial charge in [-0.1, -0.05) is 6.92 Å². The van der Waals surface area contributed by atoms with Crippen LogP contribution in [0.2, 0.25) is 0 Å². The molecule has 2 heterocycles. The quantitative estimate of drug-likeness (QED) is 0.549. The second kappa shape index (κ2) is 9.19. The molecule has 0 aliphatic carbocycles. The van der Waals surface area contributed by atoms with Crippen molar-refractivity contribution in [2.24, 2.45) is 0 Å². The summed E-state index contributed by atoms with van der Waals surface area (Å²) >= 11 is 1.62. The summed E-state index contributed by atoms with van der Waals surface area (Å²) in [6.07, 6.45) is 5.19. The third-order valence-corrected chi connectivity index (χ3v) is 5.34. The maximum atomic E-state index is 11.9. The topological polar surface area (TPSA) is 58.6 Å². The summed E-state index contributed by atoms with van der Waals surface area (Å²) < 4.78 is 5.91. The molecule has 1 fully saturated rings. The van der Waals surface area contributed by atoms with Crippen molar-refractivity contribution >= 4 is 28.6 Å². The highest BCUT2D eigenvalue weighted by molar-refractivity contribution is 7.98. The van der Waals surface area contributed by atoms with Gasteiger partial charge in [-0.05, 0) is 24.8 Å². The number of benzene rings is 1. The van der Waals surface area contributed by atoms with E-state index in [1.54, 1.807) is 18.1 Å². The van der Waals surface area contributed by atoms with Gasteiger partial charge >= 0.3 is 0 Å². The van der Waals surface area contributed by atoms with Gasteiger partial charge in [-0.2, -0.15) is 0 Å². The largest absolute Gasteiger partial charge is 0.492 e. The van der Waals surface area contributed by atoms with E-state index in [-0.39, 0.29) is 5.91 Å². The number of ether oxygens (including phenoxy) is 1. The lowest BCUT2D eigenvalue weighted by Gasteiger charge is -2.34. The minimum absolute atomic E-state index is 0.283. The van der Waals surface area contributed by atoms with E-state index < -0.39 is 0 Å². The molecule has 26 heavy (non-hydrogen) atoms. The Morgan fingerprint density at radius 1 is 1.23 bits per heavy atom. The van der Waals surface area contributed by atoms with Crippen LogP contribution in [0.1, 0.15) is 19.8 Å². The highest BCUT2D eigenvalue weighted by Crippen LogP contribution is 2.25. The lowest BCUT2D eigenvalue weighted by Crippen LogP contribution is -2.49. The van der Waals surface area contributed by atoms with Gasteiger partial charge in [0.05, 0.1) is 5.52 Å². The van der Waals surface area contributed by atoms with Crippen molar-refractivity contribution < 1.29 is 9.53 Å². The van der Waals surface area contributed by atoms with Crippen molar-refractivity contribution in [2.75, 3.05) is 45.6 Å². The highest BCUT2D eigenvalue weighted by atomic mass is 32.2. The third kappa shape index (κ3) is 4.65. The SMILES string of the molecule is CCCC(=O)N1CCN(CCOc2ccc3c(SC)ncnc3c2)CC1. The standard InChI is InChI=1S/C19H26N4O2S/c1-3-4-18(24)23-9-7-22(8-10-23)11-12-25-15-5-6-16-17(13-15)20-14-21-19(16)26-2/h5-6,13-14H,3-4,7-12H2,1-2H3. The zero-order valence-corrected chi connectivity index (χ0v) is 16.3. The predicted octanol–water partition coefficient (Wildman–Crippen LogP) is 2.67. The fourth-order valence-corrected chi connectivity index (χ4v) is 3.70. The molecule has 1 amide bonds. The zero-order chi connectivity index (χ0) is 18.4. The number of hydrogen-bond donors (Lipinski definition) is 0. The van der Waals surface area contributed by atoms with Crippen LogP contribution in [0.3, 0.4) is 0 Å². The second-order valence-electron chi connectivity index (χ2n) is 6.38. The molecule has 0 spiro atoms. The normalized spacial score (nSPS) is 15.4. The molecule has 0 N–H and O–H groups in total. The number of carbonyl (C=O) groups is 1. The molecular formula is C19H26N4O2S. The maximum Gasteiger partial charge on any atom is 0.222 e. The summed E-state index contributed by atoms with van der Waals surface area (Å²) in [5.74, 6) is 1.12. The van der Waals surface area contributed by atoms with Crippen LogP contribution in [0.15, 0.2) is 29.6 Å². The smallest absolute Gasteiger partial charge is 0.222 e. The number of hydrogen-bond acceptors (Lipinski definition) is 6. The van der Waals surface area contributed by atoms with Crippen LogP contribution in [0, 0.1) is 0 Å². The van der Waals surface area contributed by atoms with E-state index in [1.165, 1.54) is 0 Å². The number of aromatic nitrogens is 2. The van der Waals surface area contributed by atoms with Gasteiger partial charge in [0.2, 0.25) is 5.91 Å². The van der Waals surface area contributed by atoms with Gasteiger partial charge in [0, 0.05) is 50.6 Å². The van der Waals surface area contributed by atoms with Crippen LogP contribution in [0.25, 0.3) is 10.9 Å². The van der Waals surface area contributed by atoms with Crippen LogP contribution >= 0.6 is 11.8 Å². The molecule has 0 radical (unpaired) electrons. The molecule has 0 atom stereocenters. The molecule has 1 aliphatic rings. The Bertz CT molecular complexity index is 747. The lowest BCUT2D eigenvalue weighted by molar-refractivity contribution is -0.133. The number of amides is 1. The minimum atomic E-state index is 0.283. The molecule has 0 unspecified atom stereocenters. The van der Waals surface area contributed by atoms with Gasteiger partial charge in [0.25, 0.3) is 0 Å². The summed E-state index contributed by atoms with van der Waals surface area (Å²) in [5.41, 5.74) is 0.907. The number of fused-ring (bicyclic) bond motifs is 1. The average molecular weight is 375 g/mol. The van der Waals surface area contributed by atoms with Gasteiger partial charge in [0.1, 0.15) is 23.7 Å². The van der Waals surface area contributed by atoms with Crippen molar-refractivity contribution in [3.8, 4) is 5.75 Å². The molecule has 6 nitrogen and oxygen atoms in total. The Balaban J connectivity index is 1.47. The van der Waals surface area contributed by atoms with Gasteiger partial charge in [0.15, 0.2) is 0 Å². The van der Waals surface area contributed by atoms with E-state index in [9.17, 15) is 4.79 Å². The van der Waals surface area contributed by atoms with Crippen molar-refractivity contribution in [1.29, 1.82) is 0 Å². The fraction of sp³-hybridized carbons (Fsp3) is 0.526. The first kappa shape index (κ1) is 18.9. The minimum Gasteiger partial charge on any atom is -0.492 e. The maximum absolute atomic E-state index is 11.9. The van der Waals surface area contributed by atoms with E-state index in [0.717, 1.165) is 60.8 Å². The van der Waals surface area contributed by atoms with Crippen molar-refractivity contribution in [3.05, 3.63) is 24.5 Å². The second-order valence-corrected chi connectivity index (χ2v) is 7.18. The number of nitrogens with zero attached hydrogens (tertiary/aromatic N) is 4. The Hall–Kier alpha value is -1.86. The molecule has 0 saturated carbocycles. The first-order chi connectivity index (χ1) is 12.7. The highest BCUT2D eigenvalue weighted by Gasteiger charge is 2.20. The molecule has 1 aromatic carbocycles. The van der Waals surface area contributed by atoms with E-state index in [4.69, 9.17) is 4.74 Å². The molecule has 140 valence electrons. The molecule has 2 aromatic rings. The Kier molecular flexibility index (Phi) is 6.68. The van der Waals surface area contributed by atoms with E-state index in [1.807, 2.05) is 36.3 Å².